The minimum absolute atomic E-state index is 0.116. The molecule has 1 aliphatic heterocycles. The van der Waals surface area contributed by atoms with Gasteiger partial charge in [0.05, 0.1) is 0 Å². The van der Waals surface area contributed by atoms with Crippen molar-refractivity contribution in [2.45, 2.75) is 38.8 Å². The Bertz CT molecular complexity index is 620. The van der Waals surface area contributed by atoms with E-state index in [4.69, 9.17) is 9.84 Å². The number of hydrogen-bond acceptors (Lipinski definition) is 5. The Kier molecular flexibility index (Phi) is 5.43. The van der Waals surface area contributed by atoms with Crippen LogP contribution in [-0.2, 0) is 9.53 Å². The predicted molar refractivity (Wildman–Crippen MR) is 90.7 cm³/mol. The van der Waals surface area contributed by atoms with E-state index >= 15 is 0 Å². The average Bonchev–Trinajstić information content (AvgIpc) is 2.93. The van der Waals surface area contributed by atoms with E-state index in [0.29, 0.717) is 24.5 Å². The average molecular weight is 333 g/mol. The molecule has 2 heterocycles. The van der Waals surface area contributed by atoms with Gasteiger partial charge in [0.15, 0.2) is 0 Å². The van der Waals surface area contributed by atoms with Gasteiger partial charge >= 0.3 is 12.1 Å². The minimum atomic E-state index is -0.995. The molecular formula is C17H23N3O4. The molecule has 1 aromatic heterocycles. The molecule has 0 unspecified atom stereocenters. The first kappa shape index (κ1) is 17.8. The van der Waals surface area contributed by atoms with Crippen LogP contribution < -0.4 is 5.32 Å². The zero-order chi connectivity index (χ0) is 17.7. The summed E-state index contributed by atoms with van der Waals surface area (Å²) in [5.41, 5.74) is 0.216. The van der Waals surface area contributed by atoms with Crippen molar-refractivity contribution in [2.24, 2.45) is 0 Å². The number of anilines is 1. The fourth-order valence-electron chi connectivity index (χ4n) is 2.34. The van der Waals surface area contributed by atoms with E-state index in [1.165, 1.54) is 6.08 Å². The standard InChI is InChI=1S/C17H23N3O4/c1-17(2,3)24-16(23)20-9-8-13(11-20)19-14-6-4-12(10-18-14)5-7-15(21)22/h4-7,10,13H,8-9,11H2,1-3H3,(H,18,19)(H,21,22)/t13-/m1/s1. The molecule has 0 radical (unpaired) electrons. The first-order valence-electron chi connectivity index (χ1n) is 7.84. The number of carboxylic acid groups (broad SMARTS) is 1. The van der Waals surface area contributed by atoms with Crippen LogP contribution in [0.2, 0.25) is 0 Å². The molecule has 0 bridgehead atoms. The van der Waals surface area contributed by atoms with Gasteiger partial charge in [-0.15, -0.1) is 0 Å². The van der Waals surface area contributed by atoms with Gasteiger partial charge in [-0.3, -0.25) is 0 Å². The van der Waals surface area contributed by atoms with Crippen LogP contribution in [0.15, 0.2) is 24.4 Å². The summed E-state index contributed by atoms with van der Waals surface area (Å²) in [4.78, 5) is 28.5. The van der Waals surface area contributed by atoms with Crippen LogP contribution >= 0.6 is 0 Å². The molecule has 1 atom stereocenters. The number of hydrogen-bond donors (Lipinski definition) is 2. The van der Waals surface area contributed by atoms with Crippen molar-refractivity contribution in [3.8, 4) is 0 Å². The summed E-state index contributed by atoms with van der Waals surface area (Å²) in [7, 11) is 0. The van der Waals surface area contributed by atoms with E-state index in [0.717, 1.165) is 12.5 Å². The van der Waals surface area contributed by atoms with Crippen molar-refractivity contribution >= 4 is 24.0 Å². The fraction of sp³-hybridized carbons (Fsp3) is 0.471. The number of aromatic nitrogens is 1. The summed E-state index contributed by atoms with van der Waals surface area (Å²) in [5, 5.41) is 11.9. The number of amides is 1. The maximum atomic E-state index is 12.0. The van der Waals surface area contributed by atoms with Crippen LogP contribution in [0.4, 0.5) is 10.6 Å². The number of carboxylic acids is 1. The number of pyridine rings is 1. The van der Waals surface area contributed by atoms with Gasteiger partial charge < -0.3 is 20.1 Å². The van der Waals surface area contributed by atoms with Crippen LogP contribution in [0.3, 0.4) is 0 Å². The van der Waals surface area contributed by atoms with E-state index in [1.807, 2.05) is 20.8 Å². The second kappa shape index (κ2) is 7.33. The van der Waals surface area contributed by atoms with Crippen LogP contribution in [0.25, 0.3) is 6.08 Å². The van der Waals surface area contributed by atoms with Gasteiger partial charge in [-0.1, -0.05) is 0 Å². The van der Waals surface area contributed by atoms with Gasteiger partial charge in [0, 0.05) is 31.4 Å². The first-order chi connectivity index (χ1) is 11.2. The lowest BCUT2D eigenvalue weighted by Crippen LogP contribution is -2.36. The number of likely N-dealkylation sites (tertiary alicyclic amines) is 1. The monoisotopic (exact) mass is 333 g/mol. The van der Waals surface area contributed by atoms with Crippen LogP contribution in [-0.4, -0.2) is 51.8 Å². The summed E-state index contributed by atoms with van der Waals surface area (Å²) in [6.45, 7) is 6.76. The first-order valence-corrected chi connectivity index (χ1v) is 7.84. The number of nitrogens with zero attached hydrogens (tertiary/aromatic N) is 2. The molecule has 2 N–H and O–H groups in total. The van der Waals surface area contributed by atoms with Crippen molar-refractivity contribution in [3.63, 3.8) is 0 Å². The van der Waals surface area contributed by atoms with E-state index in [9.17, 15) is 9.59 Å². The van der Waals surface area contributed by atoms with Crippen molar-refractivity contribution in [1.82, 2.24) is 9.88 Å². The van der Waals surface area contributed by atoms with Gasteiger partial charge in [-0.05, 0) is 51.0 Å². The second-order valence-corrected chi connectivity index (χ2v) is 6.70. The minimum Gasteiger partial charge on any atom is -0.478 e. The molecule has 1 amide bonds. The Morgan fingerprint density at radius 1 is 1.42 bits per heavy atom. The lowest BCUT2D eigenvalue weighted by Gasteiger charge is -2.24. The zero-order valence-corrected chi connectivity index (χ0v) is 14.2. The lowest BCUT2D eigenvalue weighted by molar-refractivity contribution is -0.131. The van der Waals surface area contributed by atoms with Crippen molar-refractivity contribution in [2.75, 3.05) is 18.4 Å². The Morgan fingerprint density at radius 2 is 2.17 bits per heavy atom. The fourth-order valence-corrected chi connectivity index (χ4v) is 2.34. The third-order valence-electron chi connectivity index (χ3n) is 3.40. The third kappa shape index (κ3) is 5.57. The van der Waals surface area contributed by atoms with Gasteiger partial charge in [-0.25, -0.2) is 14.6 Å². The van der Waals surface area contributed by atoms with E-state index in [2.05, 4.69) is 10.3 Å². The predicted octanol–water partition coefficient (Wildman–Crippen LogP) is 2.60. The summed E-state index contributed by atoms with van der Waals surface area (Å²) >= 11 is 0. The number of carbonyl (C=O) groups excluding carboxylic acids is 1. The summed E-state index contributed by atoms with van der Waals surface area (Å²) in [5.74, 6) is -0.302. The molecule has 1 aromatic rings. The maximum absolute atomic E-state index is 12.0. The molecule has 24 heavy (non-hydrogen) atoms. The SMILES string of the molecule is CC(C)(C)OC(=O)N1CC[C@@H](Nc2ccc(C=CC(=O)O)cn2)C1. The summed E-state index contributed by atoms with van der Waals surface area (Å²) in [6, 6.07) is 3.69. The molecule has 2 rings (SSSR count). The molecular weight excluding hydrogens is 310 g/mol. The molecule has 0 aromatic carbocycles. The zero-order valence-electron chi connectivity index (χ0n) is 14.2. The van der Waals surface area contributed by atoms with E-state index in [1.54, 1.807) is 23.2 Å². The van der Waals surface area contributed by atoms with Gasteiger partial charge in [0.2, 0.25) is 0 Å². The molecule has 0 saturated carbocycles. The third-order valence-corrected chi connectivity index (χ3v) is 3.40. The lowest BCUT2D eigenvalue weighted by atomic mass is 10.2. The molecule has 1 saturated heterocycles. The molecule has 0 aliphatic carbocycles. The van der Waals surface area contributed by atoms with Gasteiger partial charge in [0.1, 0.15) is 11.4 Å². The Morgan fingerprint density at radius 3 is 2.75 bits per heavy atom. The van der Waals surface area contributed by atoms with Crippen molar-refractivity contribution < 1.29 is 19.4 Å². The molecule has 130 valence electrons. The Balaban J connectivity index is 1.87. The smallest absolute Gasteiger partial charge is 0.410 e. The normalized spacial score (nSPS) is 18.0. The largest absolute Gasteiger partial charge is 0.478 e. The number of ether oxygens (including phenoxy) is 1. The molecule has 1 fully saturated rings. The maximum Gasteiger partial charge on any atom is 0.410 e. The van der Waals surface area contributed by atoms with Gasteiger partial charge in [0.25, 0.3) is 0 Å². The summed E-state index contributed by atoms with van der Waals surface area (Å²) in [6.07, 6.45) is 4.68. The number of rotatable bonds is 4. The number of carbonyl (C=O) groups is 2. The summed E-state index contributed by atoms with van der Waals surface area (Å²) < 4.78 is 5.37. The molecule has 1 aliphatic rings. The number of nitrogens with one attached hydrogen (secondary N) is 1. The highest BCUT2D eigenvalue weighted by Gasteiger charge is 2.29. The van der Waals surface area contributed by atoms with Crippen LogP contribution in [0.1, 0.15) is 32.8 Å². The quantitative estimate of drug-likeness (QED) is 0.823. The highest BCUT2D eigenvalue weighted by Crippen LogP contribution is 2.18. The number of aliphatic carboxylic acids is 1. The van der Waals surface area contributed by atoms with Crippen molar-refractivity contribution in [1.29, 1.82) is 0 Å². The topological polar surface area (TPSA) is 91.8 Å². The van der Waals surface area contributed by atoms with Crippen LogP contribution in [0.5, 0.6) is 0 Å². The molecule has 7 nitrogen and oxygen atoms in total. The van der Waals surface area contributed by atoms with Crippen molar-refractivity contribution in [3.05, 3.63) is 30.0 Å². The van der Waals surface area contributed by atoms with Gasteiger partial charge in [-0.2, -0.15) is 0 Å². The second-order valence-electron chi connectivity index (χ2n) is 6.70. The highest BCUT2D eigenvalue weighted by molar-refractivity contribution is 5.85. The van der Waals surface area contributed by atoms with E-state index < -0.39 is 11.6 Å². The molecule has 7 heteroatoms. The Labute approximate surface area is 141 Å². The highest BCUT2D eigenvalue weighted by atomic mass is 16.6. The Hall–Kier alpha value is -2.57. The van der Waals surface area contributed by atoms with Crippen LogP contribution in [0, 0.1) is 0 Å². The molecule has 0 spiro atoms. The van der Waals surface area contributed by atoms with E-state index in [-0.39, 0.29) is 12.1 Å².